The standard InChI is InChI=1S/C15H25NO3/c1-4-18-15-9-13(10-16)5-6-14(15)19-8-7-17-11-12(2)3/h5-6,9,12H,4,7-8,10-11,16H2,1-3H3. The molecule has 0 aliphatic rings. The number of hydrogen-bond donors (Lipinski definition) is 1. The van der Waals surface area contributed by atoms with Gasteiger partial charge >= 0.3 is 0 Å². The number of rotatable bonds is 9. The molecule has 0 atom stereocenters. The Kier molecular flexibility index (Phi) is 7.30. The van der Waals surface area contributed by atoms with Crippen molar-refractivity contribution in [1.82, 2.24) is 0 Å². The van der Waals surface area contributed by atoms with Gasteiger partial charge in [0.15, 0.2) is 11.5 Å². The van der Waals surface area contributed by atoms with E-state index in [4.69, 9.17) is 19.9 Å². The molecule has 0 unspecified atom stereocenters. The quantitative estimate of drug-likeness (QED) is 0.699. The van der Waals surface area contributed by atoms with E-state index >= 15 is 0 Å². The second-order valence-corrected chi connectivity index (χ2v) is 4.74. The van der Waals surface area contributed by atoms with Crippen molar-refractivity contribution in [2.45, 2.75) is 27.3 Å². The Labute approximate surface area is 115 Å². The lowest BCUT2D eigenvalue weighted by molar-refractivity contribution is 0.0808. The van der Waals surface area contributed by atoms with Gasteiger partial charge < -0.3 is 19.9 Å². The van der Waals surface area contributed by atoms with Crippen molar-refractivity contribution in [3.05, 3.63) is 23.8 Å². The zero-order valence-corrected chi connectivity index (χ0v) is 12.1. The molecule has 1 rings (SSSR count). The van der Waals surface area contributed by atoms with Gasteiger partial charge in [-0.2, -0.15) is 0 Å². The van der Waals surface area contributed by atoms with Crippen LogP contribution in [-0.4, -0.2) is 26.4 Å². The van der Waals surface area contributed by atoms with E-state index in [2.05, 4.69) is 13.8 Å². The lowest BCUT2D eigenvalue weighted by Crippen LogP contribution is -2.11. The maximum atomic E-state index is 5.68. The Morgan fingerprint density at radius 2 is 1.89 bits per heavy atom. The molecular formula is C15H25NO3. The highest BCUT2D eigenvalue weighted by molar-refractivity contribution is 5.43. The first-order valence-corrected chi connectivity index (χ1v) is 6.83. The largest absolute Gasteiger partial charge is 0.490 e. The Morgan fingerprint density at radius 3 is 2.53 bits per heavy atom. The van der Waals surface area contributed by atoms with Gasteiger partial charge in [0.1, 0.15) is 6.61 Å². The summed E-state index contributed by atoms with van der Waals surface area (Å²) in [7, 11) is 0. The van der Waals surface area contributed by atoms with Crippen molar-refractivity contribution in [1.29, 1.82) is 0 Å². The van der Waals surface area contributed by atoms with E-state index in [1.165, 1.54) is 0 Å². The van der Waals surface area contributed by atoms with Crippen molar-refractivity contribution < 1.29 is 14.2 Å². The topological polar surface area (TPSA) is 53.7 Å². The van der Waals surface area contributed by atoms with Crippen LogP contribution in [0.3, 0.4) is 0 Å². The Morgan fingerprint density at radius 1 is 1.11 bits per heavy atom. The molecule has 0 heterocycles. The molecule has 19 heavy (non-hydrogen) atoms. The van der Waals surface area contributed by atoms with Crippen molar-refractivity contribution in [3.63, 3.8) is 0 Å². The Hall–Kier alpha value is -1.26. The first-order valence-electron chi connectivity index (χ1n) is 6.83. The second kappa shape index (κ2) is 8.77. The van der Waals surface area contributed by atoms with Crippen LogP contribution in [0.4, 0.5) is 0 Å². The predicted molar refractivity (Wildman–Crippen MR) is 76.7 cm³/mol. The number of ether oxygens (including phenoxy) is 3. The molecule has 0 saturated heterocycles. The fraction of sp³-hybridized carbons (Fsp3) is 0.600. The minimum Gasteiger partial charge on any atom is -0.490 e. The number of hydrogen-bond acceptors (Lipinski definition) is 4. The van der Waals surface area contributed by atoms with Gasteiger partial charge in [0.05, 0.1) is 13.2 Å². The van der Waals surface area contributed by atoms with Gasteiger partial charge in [0.2, 0.25) is 0 Å². The third kappa shape index (κ3) is 5.94. The van der Waals surface area contributed by atoms with Crippen LogP contribution in [-0.2, 0) is 11.3 Å². The van der Waals surface area contributed by atoms with E-state index in [-0.39, 0.29) is 0 Å². The maximum absolute atomic E-state index is 5.68. The summed E-state index contributed by atoms with van der Waals surface area (Å²) >= 11 is 0. The van der Waals surface area contributed by atoms with Crippen LogP contribution in [0.1, 0.15) is 26.3 Å². The maximum Gasteiger partial charge on any atom is 0.161 e. The third-order valence-corrected chi connectivity index (χ3v) is 2.48. The van der Waals surface area contributed by atoms with Crippen molar-refractivity contribution in [2.75, 3.05) is 26.4 Å². The first-order chi connectivity index (χ1) is 9.17. The molecule has 4 heteroatoms. The third-order valence-electron chi connectivity index (χ3n) is 2.48. The summed E-state index contributed by atoms with van der Waals surface area (Å²) in [5.74, 6) is 2.03. The lowest BCUT2D eigenvalue weighted by Gasteiger charge is -2.13. The highest BCUT2D eigenvalue weighted by Gasteiger charge is 2.06. The molecule has 0 fully saturated rings. The second-order valence-electron chi connectivity index (χ2n) is 4.74. The average Bonchev–Trinajstić information content (AvgIpc) is 2.39. The number of nitrogens with two attached hydrogens (primary N) is 1. The normalized spacial score (nSPS) is 10.8. The monoisotopic (exact) mass is 267 g/mol. The SMILES string of the molecule is CCOc1cc(CN)ccc1OCCOCC(C)C. The predicted octanol–water partition coefficient (Wildman–Crippen LogP) is 2.60. The molecule has 0 aliphatic carbocycles. The van der Waals surface area contributed by atoms with E-state index in [1.54, 1.807) is 0 Å². The summed E-state index contributed by atoms with van der Waals surface area (Å²) in [6.07, 6.45) is 0. The van der Waals surface area contributed by atoms with Crippen LogP contribution < -0.4 is 15.2 Å². The summed E-state index contributed by atoms with van der Waals surface area (Å²) in [4.78, 5) is 0. The fourth-order valence-corrected chi connectivity index (χ4v) is 1.60. The fourth-order valence-electron chi connectivity index (χ4n) is 1.60. The highest BCUT2D eigenvalue weighted by Crippen LogP contribution is 2.28. The molecular weight excluding hydrogens is 242 g/mol. The van der Waals surface area contributed by atoms with Gasteiger partial charge in [-0.1, -0.05) is 19.9 Å². The van der Waals surface area contributed by atoms with E-state index in [9.17, 15) is 0 Å². The summed E-state index contributed by atoms with van der Waals surface area (Å²) in [5, 5.41) is 0. The molecule has 0 spiro atoms. The Bertz CT molecular complexity index is 366. The molecule has 0 aromatic heterocycles. The molecule has 0 saturated carbocycles. The molecule has 0 bridgehead atoms. The van der Waals surface area contributed by atoms with Gasteiger partial charge in [-0.05, 0) is 30.5 Å². The molecule has 1 aromatic carbocycles. The molecule has 0 radical (unpaired) electrons. The molecule has 2 N–H and O–H groups in total. The van der Waals surface area contributed by atoms with E-state index in [1.807, 2.05) is 25.1 Å². The van der Waals surface area contributed by atoms with Crippen LogP contribution in [0.5, 0.6) is 11.5 Å². The molecule has 1 aromatic rings. The summed E-state index contributed by atoms with van der Waals surface area (Å²) in [5.41, 5.74) is 6.65. The van der Waals surface area contributed by atoms with Crippen LogP contribution in [0.25, 0.3) is 0 Å². The first kappa shape index (κ1) is 15.8. The lowest BCUT2D eigenvalue weighted by atomic mass is 10.2. The van der Waals surface area contributed by atoms with E-state index in [0.717, 1.165) is 23.7 Å². The highest BCUT2D eigenvalue weighted by atomic mass is 16.5. The van der Waals surface area contributed by atoms with Gasteiger partial charge in [-0.15, -0.1) is 0 Å². The molecule has 4 nitrogen and oxygen atoms in total. The van der Waals surface area contributed by atoms with Gasteiger partial charge in [-0.25, -0.2) is 0 Å². The van der Waals surface area contributed by atoms with Crippen LogP contribution in [0.2, 0.25) is 0 Å². The van der Waals surface area contributed by atoms with Crippen molar-refractivity contribution in [3.8, 4) is 11.5 Å². The Balaban J connectivity index is 2.47. The van der Waals surface area contributed by atoms with Crippen LogP contribution in [0, 0.1) is 5.92 Å². The molecule has 0 amide bonds. The molecule has 108 valence electrons. The van der Waals surface area contributed by atoms with Gasteiger partial charge in [0.25, 0.3) is 0 Å². The van der Waals surface area contributed by atoms with Gasteiger partial charge in [-0.3, -0.25) is 0 Å². The molecule has 0 aliphatic heterocycles. The minimum atomic E-state index is 0.498. The van der Waals surface area contributed by atoms with E-state index < -0.39 is 0 Å². The number of benzene rings is 1. The summed E-state index contributed by atoms with van der Waals surface area (Å²) < 4.78 is 16.7. The van der Waals surface area contributed by atoms with Crippen LogP contribution in [0.15, 0.2) is 18.2 Å². The van der Waals surface area contributed by atoms with Crippen molar-refractivity contribution in [2.24, 2.45) is 11.7 Å². The summed E-state index contributed by atoms with van der Waals surface area (Å²) in [6.45, 7) is 9.17. The van der Waals surface area contributed by atoms with Gasteiger partial charge in [0, 0.05) is 13.2 Å². The minimum absolute atomic E-state index is 0.498. The van der Waals surface area contributed by atoms with Crippen molar-refractivity contribution >= 4 is 0 Å². The average molecular weight is 267 g/mol. The zero-order valence-electron chi connectivity index (χ0n) is 12.1. The smallest absolute Gasteiger partial charge is 0.161 e. The van der Waals surface area contributed by atoms with E-state index in [0.29, 0.717) is 32.3 Å². The summed E-state index contributed by atoms with van der Waals surface area (Å²) in [6, 6.07) is 5.77. The van der Waals surface area contributed by atoms with Crippen LogP contribution >= 0.6 is 0 Å². The zero-order chi connectivity index (χ0) is 14.1.